The van der Waals surface area contributed by atoms with Crippen molar-refractivity contribution < 1.29 is 9.53 Å². The number of ether oxygens (including phenoxy) is 1. The van der Waals surface area contributed by atoms with Crippen LogP contribution in [0.3, 0.4) is 0 Å². The second-order valence-electron chi connectivity index (χ2n) is 3.69. The van der Waals surface area contributed by atoms with Crippen LogP contribution in [0.15, 0.2) is 23.8 Å². The fourth-order valence-corrected chi connectivity index (χ4v) is 1.33. The maximum absolute atomic E-state index is 11.6. The highest BCUT2D eigenvalue weighted by Crippen LogP contribution is 2.07. The van der Waals surface area contributed by atoms with Gasteiger partial charge in [-0.15, -0.1) is 0 Å². The average Bonchev–Trinajstić information content (AvgIpc) is 2.28. The average molecular weight is 224 g/mol. The number of esters is 1. The van der Waals surface area contributed by atoms with Crippen LogP contribution in [0.5, 0.6) is 0 Å². The number of carbonyl (C=O) groups is 1. The van der Waals surface area contributed by atoms with Crippen molar-refractivity contribution in [2.75, 3.05) is 6.61 Å². The summed E-state index contributed by atoms with van der Waals surface area (Å²) in [6, 6.07) is 0. The first kappa shape index (κ1) is 14.9. The van der Waals surface area contributed by atoms with Crippen LogP contribution in [-0.2, 0) is 9.53 Å². The molecule has 0 amide bonds. The van der Waals surface area contributed by atoms with Gasteiger partial charge in [0.15, 0.2) is 0 Å². The minimum absolute atomic E-state index is 0.205. The third-order valence-corrected chi connectivity index (χ3v) is 2.22. The van der Waals surface area contributed by atoms with E-state index in [0.717, 1.165) is 19.3 Å². The first-order chi connectivity index (χ1) is 7.76. The van der Waals surface area contributed by atoms with Crippen LogP contribution in [0.25, 0.3) is 0 Å². The summed E-state index contributed by atoms with van der Waals surface area (Å²) in [5.74, 6) is -0.205. The van der Waals surface area contributed by atoms with E-state index in [1.54, 1.807) is 0 Å². The molecule has 0 aliphatic heterocycles. The van der Waals surface area contributed by atoms with Crippen LogP contribution in [0.1, 0.15) is 52.9 Å². The van der Waals surface area contributed by atoms with Gasteiger partial charge in [-0.1, -0.05) is 44.9 Å². The van der Waals surface area contributed by atoms with E-state index >= 15 is 0 Å². The summed E-state index contributed by atoms with van der Waals surface area (Å²) in [6.07, 6.45) is 11.3. The molecule has 0 aromatic carbocycles. The summed E-state index contributed by atoms with van der Waals surface area (Å²) in [5, 5.41) is 0. The summed E-state index contributed by atoms with van der Waals surface area (Å²) in [7, 11) is 0. The van der Waals surface area contributed by atoms with E-state index in [1.807, 2.05) is 25.2 Å². The zero-order chi connectivity index (χ0) is 12.2. The molecule has 2 heteroatoms. The molecule has 0 spiro atoms. The maximum Gasteiger partial charge on any atom is 0.337 e. The molecule has 0 aromatic rings. The van der Waals surface area contributed by atoms with Gasteiger partial charge in [-0.05, 0) is 26.2 Å². The fourth-order valence-electron chi connectivity index (χ4n) is 1.33. The number of unbranched alkanes of at least 4 members (excludes halogenated alkanes) is 3. The van der Waals surface area contributed by atoms with Crippen LogP contribution in [0, 0.1) is 0 Å². The number of hydrogen-bond acceptors (Lipinski definition) is 2. The number of rotatable bonds is 8. The monoisotopic (exact) mass is 224 g/mol. The molecule has 0 saturated carbocycles. The van der Waals surface area contributed by atoms with Gasteiger partial charge >= 0.3 is 5.97 Å². The van der Waals surface area contributed by atoms with Gasteiger partial charge in [-0.3, -0.25) is 0 Å². The molecule has 0 unspecified atom stereocenters. The van der Waals surface area contributed by atoms with E-state index in [4.69, 9.17) is 4.74 Å². The van der Waals surface area contributed by atoms with Crippen molar-refractivity contribution in [3.8, 4) is 0 Å². The lowest BCUT2D eigenvalue weighted by Crippen LogP contribution is -2.06. The largest absolute Gasteiger partial charge is 0.462 e. The minimum Gasteiger partial charge on any atom is -0.462 e. The molecular formula is C14H24O2. The van der Waals surface area contributed by atoms with Crippen molar-refractivity contribution in [2.24, 2.45) is 0 Å². The van der Waals surface area contributed by atoms with Gasteiger partial charge in [0.05, 0.1) is 12.2 Å². The minimum atomic E-state index is -0.205. The molecule has 0 atom stereocenters. The third-order valence-electron chi connectivity index (χ3n) is 2.22. The molecular weight excluding hydrogens is 200 g/mol. The van der Waals surface area contributed by atoms with Gasteiger partial charge in [0.25, 0.3) is 0 Å². The molecule has 2 nitrogen and oxygen atoms in total. The molecule has 0 N–H and O–H groups in total. The standard InChI is InChI=1S/C14H24O2/c1-4-7-9-10-12-13(11-8-5-2)14(15)16-6-3/h8,11-12H,4-7,9-10H2,1-3H3. The number of hydrogen-bond donors (Lipinski definition) is 0. The van der Waals surface area contributed by atoms with Gasteiger partial charge < -0.3 is 4.74 Å². The van der Waals surface area contributed by atoms with Gasteiger partial charge in [-0.25, -0.2) is 4.79 Å². The Labute approximate surface area is 99.4 Å². The Bertz CT molecular complexity index is 239. The highest BCUT2D eigenvalue weighted by atomic mass is 16.5. The predicted octanol–water partition coefficient (Wildman–Crippen LogP) is 4.02. The van der Waals surface area contributed by atoms with Crippen molar-refractivity contribution in [1.82, 2.24) is 0 Å². The Morgan fingerprint density at radius 2 is 1.94 bits per heavy atom. The lowest BCUT2D eigenvalue weighted by Gasteiger charge is -2.02. The topological polar surface area (TPSA) is 26.3 Å². The van der Waals surface area contributed by atoms with E-state index in [2.05, 4.69) is 13.8 Å². The van der Waals surface area contributed by atoms with E-state index in [1.165, 1.54) is 12.8 Å². The molecule has 0 saturated heterocycles. The Morgan fingerprint density at radius 1 is 1.19 bits per heavy atom. The van der Waals surface area contributed by atoms with Gasteiger partial charge in [0.1, 0.15) is 0 Å². The van der Waals surface area contributed by atoms with Crippen molar-refractivity contribution >= 4 is 5.97 Å². The molecule has 0 radical (unpaired) electrons. The quantitative estimate of drug-likeness (QED) is 0.269. The van der Waals surface area contributed by atoms with Crippen LogP contribution in [0.4, 0.5) is 0 Å². The lowest BCUT2D eigenvalue weighted by atomic mass is 10.1. The van der Waals surface area contributed by atoms with Crippen molar-refractivity contribution in [3.63, 3.8) is 0 Å². The fraction of sp³-hybridized carbons (Fsp3) is 0.643. The van der Waals surface area contributed by atoms with Crippen LogP contribution >= 0.6 is 0 Å². The van der Waals surface area contributed by atoms with Crippen molar-refractivity contribution in [3.05, 3.63) is 23.8 Å². The Balaban J connectivity index is 4.28. The number of carbonyl (C=O) groups excluding carboxylic acids is 1. The van der Waals surface area contributed by atoms with E-state index in [0.29, 0.717) is 12.2 Å². The number of allylic oxidation sites excluding steroid dienone is 2. The van der Waals surface area contributed by atoms with Gasteiger partial charge in [0, 0.05) is 0 Å². The van der Waals surface area contributed by atoms with E-state index in [9.17, 15) is 4.79 Å². The summed E-state index contributed by atoms with van der Waals surface area (Å²) < 4.78 is 5.00. The molecule has 0 aliphatic carbocycles. The van der Waals surface area contributed by atoms with E-state index in [-0.39, 0.29) is 5.97 Å². The molecule has 0 aliphatic rings. The van der Waals surface area contributed by atoms with Crippen LogP contribution in [0.2, 0.25) is 0 Å². The van der Waals surface area contributed by atoms with E-state index < -0.39 is 0 Å². The maximum atomic E-state index is 11.6. The lowest BCUT2D eigenvalue weighted by molar-refractivity contribution is -0.138. The molecule has 92 valence electrons. The van der Waals surface area contributed by atoms with Crippen LogP contribution < -0.4 is 0 Å². The highest BCUT2D eigenvalue weighted by Gasteiger charge is 2.05. The summed E-state index contributed by atoms with van der Waals surface area (Å²) in [6.45, 7) is 6.49. The Hall–Kier alpha value is -1.05. The molecule has 0 rings (SSSR count). The molecule has 0 fully saturated rings. The predicted molar refractivity (Wildman–Crippen MR) is 68.3 cm³/mol. The second kappa shape index (κ2) is 10.5. The summed E-state index contributed by atoms with van der Waals surface area (Å²) in [5.41, 5.74) is 0.694. The zero-order valence-corrected chi connectivity index (χ0v) is 10.8. The molecule has 0 bridgehead atoms. The second-order valence-corrected chi connectivity index (χ2v) is 3.69. The van der Waals surface area contributed by atoms with Crippen molar-refractivity contribution in [1.29, 1.82) is 0 Å². The Morgan fingerprint density at radius 3 is 2.50 bits per heavy atom. The van der Waals surface area contributed by atoms with Crippen LogP contribution in [-0.4, -0.2) is 12.6 Å². The summed E-state index contributed by atoms with van der Waals surface area (Å²) >= 11 is 0. The molecule has 0 aromatic heterocycles. The normalized spacial score (nSPS) is 12.1. The molecule has 16 heavy (non-hydrogen) atoms. The first-order valence-corrected chi connectivity index (χ1v) is 6.30. The SMILES string of the molecule is CCC=CC(=CCCCCC)C(=O)OCC. The first-order valence-electron chi connectivity index (χ1n) is 6.30. The third kappa shape index (κ3) is 7.27. The van der Waals surface area contributed by atoms with Gasteiger partial charge in [0.2, 0.25) is 0 Å². The smallest absolute Gasteiger partial charge is 0.337 e. The Kier molecular flexibility index (Phi) is 9.78. The highest BCUT2D eigenvalue weighted by molar-refractivity contribution is 5.91. The molecule has 0 heterocycles. The summed E-state index contributed by atoms with van der Waals surface area (Å²) in [4.78, 5) is 11.6. The van der Waals surface area contributed by atoms with Gasteiger partial charge in [-0.2, -0.15) is 0 Å². The zero-order valence-electron chi connectivity index (χ0n) is 10.8. The van der Waals surface area contributed by atoms with Crippen molar-refractivity contribution in [2.45, 2.75) is 52.9 Å².